The van der Waals surface area contributed by atoms with E-state index in [0.717, 1.165) is 22.6 Å². The van der Waals surface area contributed by atoms with E-state index < -0.39 is 0 Å². The molecule has 3 aromatic rings. The van der Waals surface area contributed by atoms with Crippen molar-refractivity contribution in [3.63, 3.8) is 0 Å². The highest BCUT2D eigenvalue weighted by Crippen LogP contribution is 2.18. The van der Waals surface area contributed by atoms with Crippen molar-refractivity contribution in [2.75, 3.05) is 14.2 Å². The van der Waals surface area contributed by atoms with Gasteiger partial charge in [-0.15, -0.1) is 0 Å². The van der Waals surface area contributed by atoms with E-state index in [4.69, 9.17) is 9.47 Å². The summed E-state index contributed by atoms with van der Waals surface area (Å²) in [4.78, 5) is 18.9. The third-order valence-electron chi connectivity index (χ3n) is 4.26. The summed E-state index contributed by atoms with van der Waals surface area (Å²) in [6, 6.07) is 19.0. The number of aromatic nitrogens is 1. The largest absolute Gasteiger partial charge is 0.497 e. The van der Waals surface area contributed by atoms with Crippen LogP contribution < -0.4 is 9.47 Å². The maximum Gasteiger partial charge on any atom is 0.256 e. The fourth-order valence-electron chi connectivity index (χ4n) is 2.77. The van der Waals surface area contributed by atoms with Crippen molar-refractivity contribution in [1.29, 1.82) is 0 Å². The molecule has 0 radical (unpaired) electrons. The molecule has 1 aromatic heterocycles. The highest BCUT2D eigenvalue weighted by Gasteiger charge is 2.17. The number of hydrogen-bond donors (Lipinski definition) is 0. The average molecular weight is 362 g/mol. The quantitative estimate of drug-likeness (QED) is 0.639. The van der Waals surface area contributed by atoms with Gasteiger partial charge in [0.05, 0.1) is 19.8 Å². The van der Waals surface area contributed by atoms with Crippen LogP contribution in [-0.2, 0) is 13.1 Å². The highest BCUT2D eigenvalue weighted by atomic mass is 16.5. The molecule has 27 heavy (non-hydrogen) atoms. The molecule has 0 spiro atoms. The Labute approximate surface area is 159 Å². The number of carbonyl (C=O) groups is 1. The molecule has 2 aromatic carbocycles. The molecule has 0 aliphatic heterocycles. The number of hydrogen-bond acceptors (Lipinski definition) is 4. The minimum atomic E-state index is -0.0604. The molecule has 3 rings (SSSR count). The normalized spacial score (nSPS) is 10.3. The summed E-state index contributed by atoms with van der Waals surface area (Å²) in [7, 11) is 3.27. The third kappa shape index (κ3) is 4.85. The summed E-state index contributed by atoms with van der Waals surface area (Å²) < 4.78 is 10.4. The second-order valence-corrected chi connectivity index (χ2v) is 6.10. The molecule has 1 heterocycles. The van der Waals surface area contributed by atoms with Gasteiger partial charge >= 0.3 is 0 Å². The molecule has 0 saturated carbocycles. The van der Waals surface area contributed by atoms with Gasteiger partial charge in [-0.05, 0) is 47.5 Å². The maximum atomic E-state index is 13.0. The van der Waals surface area contributed by atoms with Crippen LogP contribution in [0.15, 0.2) is 73.1 Å². The molecular weight excluding hydrogens is 340 g/mol. The van der Waals surface area contributed by atoms with Crippen LogP contribution in [0.4, 0.5) is 0 Å². The second kappa shape index (κ2) is 8.85. The molecular formula is C22H22N2O3. The van der Waals surface area contributed by atoms with Crippen molar-refractivity contribution in [3.8, 4) is 11.5 Å². The molecule has 5 nitrogen and oxygen atoms in total. The van der Waals surface area contributed by atoms with Gasteiger partial charge in [0, 0.05) is 25.5 Å². The molecule has 0 unspecified atom stereocenters. The van der Waals surface area contributed by atoms with Gasteiger partial charge in [0.2, 0.25) is 0 Å². The second-order valence-electron chi connectivity index (χ2n) is 6.10. The summed E-state index contributed by atoms with van der Waals surface area (Å²) in [5.74, 6) is 1.52. The van der Waals surface area contributed by atoms with E-state index in [1.54, 1.807) is 43.6 Å². The summed E-state index contributed by atoms with van der Waals surface area (Å²) in [5.41, 5.74) is 2.63. The van der Waals surface area contributed by atoms with E-state index in [0.29, 0.717) is 18.7 Å². The zero-order valence-corrected chi connectivity index (χ0v) is 15.5. The van der Waals surface area contributed by atoms with Crippen LogP contribution in [0, 0.1) is 0 Å². The number of pyridine rings is 1. The Morgan fingerprint density at radius 3 is 1.78 bits per heavy atom. The van der Waals surface area contributed by atoms with E-state index >= 15 is 0 Å². The number of benzene rings is 2. The summed E-state index contributed by atoms with van der Waals surface area (Å²) >= 11 is 0. The van der Waals surface area contributed by atoms with Crippen molar-refractivity contribution in [1.82, 2.24) is 9.88 Å². The standard InChI is InChI=1S/C22H22N2O3/c1-26-20-9-5-17(6-10-20)15-24(22(25)19-4-3-13-23-14-19)16-18-7-11-21(27-2)12-8-18/h3-14H,15-16H2,1-2H3. The number of methoxy groups -OCH3 is 2. The molecule has 0 N–H and O–H groups in total. The Kier molecular flexibility index (Phi) is 6.05. The molecule has 0 bridgehead atoms. The van der Waals surface area contributed by atoms with Gasteiger partial charge in [0.25, 0.3) is 5.91 Å². The van der Waals surface area contributed by atoms with Gasteiger partial charge in [-0.2, -0.15) is 0 Å². The molecule has 0 aliphatic carbocycles. The number of rotatable bonds is 7. The van der Waals surface area contributed by atoms with Crippen molar-refractivity contribution in [2.45, 2.75) is 13.1 Å². The predicted molar refractivity (Wildman–Crippen MR) is 104 cm³/mol. The predicted octanol–water partition coefficient (Wildman–Crippen LogP) is 3.94. The van der Waals surface area contributed by atoms with Crippen molar-refractivity contribution >= 4 is 5.91 Å². The Hall–Kier alpha value is -3.34. The van der Waals surface area contributed by atoms with Crippen LogP contribution in [0.5, 0.6) is 11.5 Å². The van der Waals surface area contributed by atoms with Crippen LogP contribution in [0.25, 0.3) is 0 Å². The molecule has 0 atom stereocenters. The Morgan fingerprint density at radius 1 is 0.852 bits per heavy atom. The lowest BCUT2D eigenvalue weighted by atomic mass is 10.1. The average Bonchev–Trinajstić information content (AvgIpc) is 2.74. The number of carbonyl (C=O) groups excluding carboxylic acids is 1. The van der Waals surface area contributed by atoms with E-state index in [-0.39, 0.29) is 5.91 Å². The van der Waals surface area contributed by atoms with Crippen LogP contribution in [0.2, 0.25) is 0 Å². The highest BCUT2D eigenvalue weighted by molar-refractivity contribution is 5.93. The Balaban J connectivity index is 1.83. The number of amides is 1. The first-order chi connectivity index (χ1) is 13.2. The van der Waals surface area contributed by atoms with Gasteiger partial charge in [0.15, 0.2) is 0 Å². The minimum absolute atomic E-state index is 0.0604. The van der Waals surface area contributed by atoms with Gasteiger partial charge in [0.1, 0.15) is 11.5 Å². The van der Waals surface area contributed by atoms with Gasteiger partial charge in [-0.25, -0.2) is 0 Å². The van der Waals surface area contributed by atoms with E-state index in [1.807, 2.05) is 48.5 Å². The number of ether oxygens (including phenoxy) is 2. The van der Waals surface area contributed by atoms with Crippen molar-refractivity contribution in [3.05, 3.63) is 89.7 Å². The summed E-state index contributed by atoms with van der Waals surface area (Å²) in [6.07, 6.45) is 3.26. The first-order valence-corrected chi connectivity index (χ1v) is 8.65. The smallest absolute Gasteiger partial charge is 0.256 e. The van der Waals surface area contributed by atoms with Crippen molar-refractivity contribution < 1.29 is 14.3 Å². The molecule has 5 heteroatoms. The van der Waals surface area contributed by atoms with E-state index in [2.05, 4.69) is 4.98 Å². The Bertz CT molecular complexity index is 813. The van der Waals surface area contributed by atoms with Crippen molar-refractivity contribution in [2.24, 2.45) is 0 Å². The molecule has 0 saturated heterocycles. The van der Waals surface area contributed by atoms with Crippen LogP contribution in [0.1, 0.15) is 21.5 Å². The molecule has 1 amide bonds. The topological polar surface area (TPSA) is 51.7 Å². The fourth-order valence-corrected chi connectivity index (χ4v) is 2.77. The lowest BCUT2D eigenvalue weighted by Crippen LogP contribution is -2.30. The first kappa shape index (κ1) is 18.5. The van der Waals surface area contributed by atoms with Gasteiger partial charge in [-0.3, -0.25) is 9.78 Å². The monoisotopic (exact) mass is 362 g/mol. The number of nitrogens with zero attached hydrogens (tertiary/aromatic N) is 2. The summed E-state index contributed by atoms with van der Waals surface area (Å²) in [5, 5.41) is 0. The zero-order valence-electron chi connectivity index (χ0n) is 15.5. The Morgan fingerprint density at radius 2 is 1.37 bits per heavy atom. The lowest BCUT2D eigenvalue weighted by Gasteiger charge is -2.23. The first-order valence-electron chi connectivity index (χ1n) is 8.65. The summed E-state index contributed by atoms with van der Waals surface area (Å²) in [6.45, 7) is 0.980. The SMILES string of the molecule is COc1ccc(CN(Cc2ccc(OC)cc2)C(=O)c2cccnc2)cc1. The van der Waals surface area contributed by atoms with Crippen LogP contribution in [-0.4, -0.2) is 30.0 Å². The maximum absolute atomic E-state index is 13.0. The van der Waals surface area contributed by atoms with Gasteiger partial charge < -0.3 is 14.4 Å². The fraction of sp³-hybridized carbons (Fsp3) is 0.182. The van der Waals surface area contributed by atoms with Crippen LogP contribution >= 0.6 is 0 Å². The van der Waals surface area contributed by atoms with Gasteiger partial charge in [-0.1, -0.05) is 24.3 Å². The molecule has 0 fully saturated rings. The zero-order chi connectivity index (χ0) is 19.1. The molecule has 0 aliphatic rings. The third-order valence-corrected chi connectivity index (χ3v) is 4.26. The van der Waals surface area contributed by atoms with E-state index in [9.17, 15) is 4.79 Å². The van der Waals surface area contributed by atoms with Crippen LogP contribution in [0.3, 0.4) is 0 Å². The van der Waals surface area contributed by atoms with E-state index in [1.165, 1.54) is 0 Å². The molecule has 138 valence electrons. The lowest BCUT2D eigenvalue weighted by molar-refractivity contribution is 0.0729. The minimum Gasteiger partial charge on any atom is -0.497 e.